The van der Waals surface area contributed by atoms with Gasteiger partial charge in [0, 0.05) is 16.6 Å². The zero-order valence-corrected chi connectivity index (χ0v) is 9.84. The molecule has 0 saturated carbocycles. The summed E-state index contributed by atoms with van der Waals surface area (Å²) in [7, 11) is 1.69. The second kappa shape index (κ2) is 4.58. The second-order valence-corrected chi connectivity index (χ2v) is 4.03. The molecule has 1 heterocycles. The Kier molecular flexibility index (Phi) is 3.15. The molecule has 0 unspecified atom stereocenters. The SMILES string of the molecule is COc1ccc2[nH]c(C)c(CCCN)c2c1. The van der Waals surface area contributed by atoms with E-state index in [0.29, 0.717) is 0 Å². The summed E-state index contributed by atoms with van der Waals surface area (Å²) in [6, 6.07) is 6.13. The Bertz CT molecular complexity index is 488. The Balaban J connectivity index is 2.48. The van der Waals surface area contributed by atoms with Crippen LogP contribution in [-0.4, -0.2) is 18.6 Å². The van der Waals surface area contributed by atoms with E-state index in [1.54, 1.807) is 7.11 Å². The summed E-state index contributed by atoms with van der Waals surface area (Å²) in [6.45, 7) is 2.84. The van der Waals surface area contributed by atoms with Crippen LogP contribution in [-0.2, 0) is 6.42 Å². The lowest BCUT2D eigenvalue weighted by Crippen LogP contribution is -2.00. The Morgan fingerprint density at radius 3 is 2.88 bits per heavy atom. The quantitative estimate of drug-likeness (QED) is 0.827. The Hall–Kier alpha value is -1.48. The maximum Gasteiger partial charge on any atom is 0.119 e. The molecule has 0 atom stereocenters. The number of nitrogens with one attached hydrogen (secondary N) is 1. The van der Waals surface area contributed by atoms with E-state index in [-0.39, 0.29) is 0 Å². The van der Waals surface area contributed by atoms with Gasteiger partial charge in [-0.2, -0.15) is 0 Å². The first kappa shape index (κ1) is 11.0. The van der Waals surface area contributed by atoms with E-state index >= 15 is 0 Å². The van der Waals surface area contributed by atoms with E-state index in [1.807, 2.05) is 6.07 Å². The van der Waals surface area contributed by atoms with Gasteiger partial charge in [0.1, 0.15) is 5.75 Å². The van der Waals surface area contributed by atoms with Crippen LogP contribution in [0.2, 0.25) is 0 Å². The van der Waals surface area contributed by atoms with Crippen LogP contribution in [0.4, 0.5) is 0 Å². The van der Waals surface area contributed by atoms with Gasteiger partial charge in [-0.1, -0.05) is 0 Å². The lowest BCUT2D eigenvalue weighted by atomic mass is 10.1. The molecule has 0 aliphatic rings. The fraction of sp³-hybridized carbons (Fsp3) is 0.385. The van der Waals surface area contributed by atoms with Crippen LogP contribution in [0.15, 0.2) is 18.2 Å². The van der Waals surface area contributed by atoms with Crippen LogP contribution in [0.25, 0.3) is 10.9 Å². The third kappa shape index (κ3) is 1.91. The Labute approximate surface area is 95.6 Å². The molecule has 0 amide bonds. The maximum atomic E-state index is 5.56. The first-order valence-corrected chi connectivity index (χ1v) is 5.61. The molecular formula is C13H18N2O. The van der Waals surface area contributed by atoms with Gasteiger partial charge in [-0.25, -0.2) is 0 Å². The predicted molar refractivity (Wildman–Crippen MR) is 67.0 cm³/mol. The van der Waals surface area contributed by atoms with Crippen molar-refractivity contribution in [1.29, 1.82) is 0 Å². The number of aryl methyl sites for hydroxylation is 2. The van der Waals surface area contributed by atoms with Crippen molar-refractivity contribution in [3.63, 3.8) is 0 Å². The molecule has 2 aromatic rings. The molecule has 0 radical (unpaired) electrons. The largest absolute Gasteiger partial charge is 0.497 e. The van der Waals surface area contributed by atoms with Crippen molar-refractivity contribution in [2.24, 2.45) is 5.73 Å². The average molecular weight is 218 g/mol. The number of rotatable bonds is 4. The average Bonchev–Trinajstić information content (AvgIpc) is 2.61. The smallest absolute Gasteiger partial charge is 0.119 e. The summed E-state index contributed by atoms with van der Waals surface area (Å²) in [5.41, 5.74) is 9.33. The second-order valence-electron chi connectivity index (χ2n) is 4.03. The molecule has 1 aromatic carbocycles. The van der Waals surface area contributed by atoms with Gasteiger partial charge in [-0.3, -0.25) is 0 Å². The fourth-order valence-corrected chi connectivity index (χ4v) is 2.09. The van der Waals surface area contributed by atoms with Crippen LogP contribution in [0.3, 0.4) is 0 Å². The topological polar surface area (TPSA) is 51.0 Å². The lowest BCUT2D eigenvalue weighted by molar-refractivity contribution is 0.415. The number of hydrogen-bond donors (Lipinski definition) is 2. The highest BCUT2D eigenvalue weighted by Crippen LogP contribution is 2.27. The molecule has 0 aliphatic heterocycles. The maximum absolute atomic E-state index is 5.56. The van der Waals surface area contributed by atoms with Crippen molar-refractivity contribution in [3.8, 4) is 5.75 Å². The molecule has 0 aliphatic carbocycles. The number of H-pyrrole nitrogens is 1. The first-order valence-electron chi connectivity index (χ1n) is 5.61. The summed E-state index contributed by atoms with van der Waals surface area (Å²) in [5, 5.41) is 1.25. The molecule has 0 fully saturated rings. The minimum atomic E-state index is 0.732. The van der Waals surface area contributed by atoms with Gasteiger partial charge in [-0.05, 0) is 50.1 Å². The minimum Gasteiger partial charge on any atom is -0.497 e. The number of hydrogen-bond acceptors (Lipinski definition) is 2. The van der Waals surface area contributed by atoms with Crippen molar-refractivity contribution in [2.75, 3.05) is 13.7 Å². The molecule has 0 saturated heterocycles. The molecule has 3 heteroatoms. The first-order chi connectivity index (χ1) is 7.76. The predicted octanol–water partition coefficient (Wildman–Crippen LogP) is 2.38. The zero-order valence-electron chi connectivity index (χ0n) is 9.84. The van der Waals surface area contributed by atoms with Crippen LogP contribution in [0, 0.1) is 6.92 Å². The van der Waals surface area contributed by atoms with E-state index in [2.05, 4.69) is 24.0 Å². The number of benzene rings is 1. The monoisotopic (exact) mass is 218 g/mol. The van der Waals surface area contributed by atoms with Gasteiger partial charge in [0.25, 0.3) is 0 Å². The molecule has 3 N–H and O–H groups in total. The van der Waals surface area contributed by atoms with Gasteiger partial charge in [0.15, 0.2) is 0 Å². The third-order valence-corrected chi connectivity index (χ3v) is 2.96. The number of fused-ring (bicyclic) bond motifs is 1. The Morgan fingerprint density at radius 1 is 1.38 bits per heavy atom. The summed E-state index contributed by atoms with van der Waals surface area (Å²) in [4.78, 5) is 3.39. The molecule has 86 valence electrons. The highest BCUT2D eigenvalue weighted by atomic mass is 16.5. The van der Waals surface area contributed by atoms with E-state index in [4.69, 9.17) is 10.5 Å². The van der Waals surface area contributed by atoms with Gasteiger partial charge < -0.3 is 15.5 Å². The van der Waals surface area contributed by atoms with Gasteiger partial charge in [0.2, 0.25) is 0 Å². The number of aromatic nitrogens is 1. The number of methoxy groups -OCH3 is 1. The van der Waals surface area contributed by atoms with E-state index in [0.717, 1.165) is 25.1 Å². The highest BCUT2D eigenvalue weighted by molar-refractivity contribution is 5.86. The molecule has 16 heavy (non-hydrogen) atoms. The standard InChI is InChI=1S/C13H18N2O/c1-9-11(4-3-7-14)12-8-10(16-2)5-6-13(12)15-9/h5-6,8,15H,3-4,7,14H2,1-2H3. The van der Waals surface area contributed by atoms with Crippen molar-refractivity contribution in [2.45, 2.75) is 19.8 Å². The van der Waals surface area contributed by atoms with Crippen molar-refractivity contribution in [3.05, 3.63) is 29.5 Å². The molecule has 0 bridgehead atoms. The highest BCUT2D eigenvalue weighted by Gasteiger charge is 2.08. The minimum absolute atomic E-state index is 0.732. The van der Waals surface area contributed by atoms with E-state index in [9.17, 15) is 0 Å². The molecule has 3 nitrogen and oxygen atoms in total. The summed E-state index contributed by atoms with van der Waals surface area (Å²) in [6.07, 6.45) is 2.04. The zero-order chi connectivity index (χ0) is 11.5. The van der Waals surface area contributed by atoms with Crippen LogP contribution < -0.4 is 10.5 Å². The summed E-state index contributed by atoms with van der Waals surface area (Å²) < 4.78 is 5.25. The van der Waals surface area contributed by atoms with Gasteiger partial charge >= 0.3 is 0 Å². The molecular weight excluding hydrogens is 200 g/mol. The molecule has 2 rings (SSSR count). The van der Waals surface area contributed by atoms with Gasteiger partial charge in [0.05, 0.1) is 7.11 Å². The number of ether oxygens (including phenoxy) is 1. The number of nitrogens with two attached hydrogens (primary N) is 1. The van der Waals surface area contributed by atoms with Crippen LogP contribution in [0.5, 0.6) is 5.75 Å². The summed E-state index contributed by atoms with van der Waals surface area (Å²) >= 11 is 0. The van der Waals surface area contributed by atoms with Crippen molar-refractivity contribution in [1.82, 2.24) is 4.98 Å². The van der Waals surface area contributed by atoms with Crippen molar-refractivity contribution >= 4 is 10.9 Å². The van der Waals surface area contributed by atoms with E-state index in [1.165, 1.54) is 22.2 Å². The van der Waals surface area contributed by atoms with Crippen LogP contribution in [0.1, 0.15) is 17.7 Å². The lowest BCUT2D eigenvalue weighted by Gasteiger charge is -2.02. The van der Waals surface area contributed by atoms with Crippen molar-refractivity contribution < 1.29 is 4.74 Å². The summed E-state index contributed by atoms with van der Waals surface area (Å²) in [5.74, 6) is 0.903. The van der Waals surface area contributed by atoms with Gasteiger partial charge in [-0.15, -0.1) is 0 Å². The fourth-order valence-electron chi connectivity index (χ4n) is 2.09. The number of aromatic amines is 1. The van der Waals surface area contributed by atoms with E-state index < -0.39 is 0 Å². The molecule has 0 spiro atoms. The van der Waals surface area contributed by atoms with Crippen LogP contribution >= 0.6 is 0 Å². The normalized spacial score (nSPS) is 10.9. The third-order valence-electron chi connectivity index (χ3n) is 2.96. The Morgan fingerprint density at radius 2 is 2.19 bits per heavy atom. The molecule has 1 aromatic heterocycles.